The maximum absolute atomic E-state index is 2.44. The maximum atomic E-state index is 2.44. The lowest BCUT2D eigenvalue weighted by molar-refractivity contribution is 0.296. The lowest BCUT2D eigenvalue weighted by atomic mass is 9.99. The van der Waals surface area contributed by atoms with E-state index in [9.17, 15) is 0 Å². The van der Waals surface area contributed by atoms with E-state index in [1.807, 2.05) is 0 Å². The fraction of sp³-hybridized carbons (Fsp3) is 0.556. The quantitative estimate of drug-likeness (QED) is 0.428. The summed E-state index contributed by atoms with van der Waals surface area (Å²) in [5.41, 5.74) is 5.84. The molecule has 0 N–H and O–H groups in total. The van der Waals surface area contributed by atoms with Gasteiger partial charge in [0.25, 0.3) is 0 Å². The number of hydrogen-bond donors (Lipinski definition) is 0. The highest BCUT2D eigenvalue weighted by Gasteiger charge is 2.03. The summed E-state index contributed by atoms with van der Waals surface area (Å²) >= 11 is 0. The summed E-state index contributed by atoms with van der Waals surface area (Å²) in [6.07, 6.45) is 3.82. The number of benzene rings is 2. The molecule has 0 aromatic heterocycles. The smallest absolute Gasteiger partial charge is 0.0233 e. The van der Waals surface area contributed by atoms with Gasteiger partial charge in [0.2, 0.25) is 0 Å². The summed E-state index contributed by atoms with van der Waals surface area (Å²) in [6.45, 7) is 19.0. The van der Waals surface area contributed by atoms with Crippen molar-refractivity contribution in [2.24, 2.45) is 0 Å². The second-order valence-electron chi connectivity index (χ2n) is 8.36. The van der Waals surface area contributed by atoms with Crippen LogP contribution in [0.2, 0.25) is 0 Å². The summed E-state index contributed by atoms with van der Waals surface area (Å²) in [4.78, 5) is 2.44. The van der Waals surface area contributed by atoms with Crippen molar-refractivity contribution in [3.05, 3.63) is 70.8 Å². The summed E-state index contributed by atoms with van der Waals surface area (Å²) in [6, 6.07) is 17.9. The van der Waals surface area contributed by atoms with Crippen LogP contribution in [0.1, 0.15) is 95.4 Å². The molecular weight excluding hydrogens is 338 g/mol. The van der Waals surface area contributed by atoms with E-state index in [0.29, 0.717) is 11.8 Å². The molecule has 0 aliphatic heterocycles. The Hall–Kier alpha value is -1.60. The molecule has 2 aromatic carbocycles. The minimum absolute atomic E-state index is 0.627. The van der Waals surface area contributed by atoms with E-state index in [-0.39, 0.29) is 0 Å². The zero-order chi connectivity index (χ0) is 20.9. The summed E-state index contributed by atoms with van der Waals surface area (Å²) in [7, 11) is 0. The van der Waals surface area contributed by atoms with Crippen molar-refractivity contribution in [2.75, 3.05) is 13.1 Å². The highest BCUT2D eigenvalue weighted by Crippen LogP contribution is 2.17. The molecule has 0 heterocycles. The fourth-order valence-electron chi connectivity index (χ4n) is 3.24. The topological polar surface area (TPSA) is 3.24 Å². The number of unbranched alkanes of at least 4 members (excludes halogenated alkanes) is 1. The van der Waals surface area contributed by atoms with Crippen LogP contribution in [0.15, 0.2) is 48.5 Å². The predicted octanol–water partition coefficient (Wildman–Crippen LogP) is 7.80. The van der Waals surface area contributed by atoms with Crippen LogP contribution in [-0.4, -0.2) is 18.0 Å². The highest BCUT2D eigenvalue weighted by atomic mass is 15.1. The molecule has 156 valence electrons. The third-order valence-electron chi connectivity index (χ3n) is 5.36. The molecule has 1 nitrogen and oxygen atoms in total. The van der Waals surface area contributed by atoms with Gasteiger partial charge in [0, 0.05) is 6.54 Å². The Morgan fingerprint density at radius 1 is 0.714 bits per heavy atom. The monoisotopic (exact) mass is 381 g/mol. The standard InChI is InChI=1S/C14H23N.C13H20/c1-5-15(6-2)11-13-8-7-9-14(10-13)12(3)4;1-4-5-7-12-8-6-9-13(10-12)11(2)3/h7-10,12H,5-6,11H2,1-4H3;6,8-11H,4-5,7H2,1-3H3. The molecule has 0 amide bonds. The first kappa shape index (κ1) is 24.4. The second-order valence-corrected chi connectivity index (χ2v) is 8.36. The van der Waals surface area contributed by atoms with Crippen LogP contribution in [0.25, 0.3) is 0 Å². The Bertz CT molecular complexity index is 653. The van der Waals surface area contributed by atoms with Crippen molar-refractivity contribution in [3.63, 3.8) is 0 Å². The van der Waals surface area contributed by atoms with Gasteiger partial charge in [0.1, 0.15) is 0 Å². The van der Waals surface area contributed by atoms with Crippen molar-refractivity contribution < 1.29 is 0 Å². The average Bonchev–Trinajstić information content (AvgIpc) is 2.71. The van der Waals surface area contributed by atoms with Gasteiger partial charge in [-0.25, -0.2) is 0 Å². The Labute approximate surface area is 175 Å². The molecular formula is C27H43N. The molecule has 0 fully saturated rings. The van der Waals surface area contributed by atoms with Crippen LogP contribution in [0, 0.1) is 0 Å². The van der Waals surface area contributed by atoms with E-state index in [4.69, 9.17) is 0 Å². The van der Waals surface area contributed by atoms with Gasteiger partial charge in [0.05, 0.1) is 0 Å². The molecule has 0 bridgehead atoms. The van der Waals surface area contributed by atoms with Crippen LogP contribution in [0.4, 0.5) is 0 Å². The first-order valence-electron chi connectivity index (χ1n) is 11.3. The summed E-state index contributed by atoms with van der Waals surface area (Å²) in [5, 5.41) is 0. The van der Waals surface area contributed by atoms with Gasteiger partial charge in [-0.15, -0.1) is 0 Å². The lowest BCUT2D eigenvalue weighted by Crippen LogP contribution is -2.22. The van der Waals surface area contributed by atoms with Crippen molar-refractivity contribution >= 4 is 0 Å². The van der Waals surface area contributed by atoms with E-state index in [1.54, 1.807) is 0 Å². The average molecular weight is 382 g/mol. The first-order valence-corrected chi connectivity index (χ1v) is 11.3. The molecule has 2 aromatic rings. The molecule has 0 spiro atoms. The van der Waals surface area contributed by atoms with Crippen LogP contribution < -0.4 is 0 Å². The number of hydrogen-bond acceptors (Lipinski definition) is 1. The zero-order valence-corrected chi connectivity index (χ0v) is 19.5. The predicted molar refractivity (Wildman–Crippen MR) is 126 cm³/mol. The lowest BCUT2D eigenvalue weighted by Gasteiger charge is -2.18. The van der Waals surface area contributed by atoms with E-state index >= 15 is 0 Å². The third-order valence-corrected chi connectivity index (χ3v) is 5.36. The SMILES string of the molecule is CCCCc1cccc(C(C)C)c1.CCN(CC)Cc1cccc(C(C)C)c1. The van der Waals surface area contributed by atoms with Crippen LogP contribution in [0.5, 0.6) is 0 Å². The minimum atomic E-state index is 0.627. The molecule has 0 aliphatic carbocycles. The normalized spacial score (nSPS) is 11.1. The highest BCUT2D eigenvalue weighted by molar-refractivity contribution is 5.26. The third kappa shape index (κ3) is 9.06. The molecule has 0 atom stereocenters. The molecule has 28 heavy (non-hydrogen) atoms. The zero-order valence-electron chi connectivity index (χ0n) is 19.5. The Morgan fingerprint density at radius 3 is 1.68 bits per heavy atom. The fourth-order valence-corrected chi connectivity index (χ4v) is 3.24. The molecule has 2 rings (SSSR count). The number of nitrogens with zero attached hydrogens (tertiary/aromatic N) is 1. The van der Waals surface area contributed by atoms with Crippen molar-refractivity contribution in [1.29, 1.82) is 0 Å². The van der Waals surface area contributed by atoms with E-state index in [0.717, 1.165) is 19.6 Å². The summed E-state index contributed by atoms with van der Waals surface area (Å²) < 4.78 is 0. The molecule has 0 radical (unpaired) electrons. The van der Waals surface area contributed by atoms with Crippen molar-refractivity contribution in [1.82, 2.24) is 4.90 Å². The van der Waals surface area contributed by atoms with Crippen LogP contribution >= 0.6 is 0 Å². The molecule has 0 saturated heterocycles. The Morgan fingerprint density at radius 2 is 1.21 bits per heavy atom. The molecule has 1 heteroatoms. The summed E-state index contributed by atoms with van der Waals surface area (Å²) in [5.74, 6) is 1.28. The van der Waals surface area contributed by atoms with E-state index < -0.39 is 0 Å². The maximum Gasteiger partial charge on any atom is 0.0233 e. The van der Waals surface area contributed by atoms with Gasteiger partial charge in [-0.2, -0.15) is 0 Å². The van der Waals surface area contributed by atoms with Gasteiger partial charge in [-0.05, 0) is 60.0 Å². The van der Waals surface area contributed by atoms with Gasteiger partial charge < -0.3 is 0 Å². The van der Waals surface area contributed by atoms with E-state index in [1.165, 1.54) is 41.5 Å². The largest absolute Gasteiger partial charge is 0.300 e. The van der Waals surface area contributed by atoms with E-state index in [2.05, 4.69) is 102 Å². The van der Waals surface area contributed by atoms with Gasteiger partial charge in [0.15, 0.2) is 0 Å². The number of rotatable bonds is 9. The van der Waals surface area contributed by atoms with Crippen LogP contribution in [-0.2, 0) is 13.0 Å². The number of aryl methyl sites for hydroxylation is 1. The van der Waals surface area contributed by atoms with Gasteiger partial charge in [-0.3, -0.25) is 4.90 Å². The van der Waals surface area contributed by atoms with Crippen molar-refractivity contribution in [3.8, 4) is 0 Å². The van der Waals surface area contributed by atoms with Gasteiger partial charge in [-0.1, -0.05) is 103 Å². The molecule has 0 unspecified atom stereocenters. The first-order chi connectivity index (χ1) is 13.4. The van der Waals surface area contributed by atoms with Crippen molar-refractivity contribution in [2.45, 2.75) is 86.1 Å². The van der Waals surface area contributed by atoms with Crippen LogP contribution in [0.3, 0.4) is 0 Å². The Balaban J connectivity index is 0.000000283. The molecule has 0 saturated carbocycles. The second kappa shape index (κ2) is 13.6. The van der Waals surface area contributed by atoms with Gasteiger partial charge >= 0.3 is 0 Å². The molecule has 0 aliphatic rings. The minimum Gasteiger partial charge on any atom is -0.300 e. The Kier molecular flexibility index (Phi) is 11.8.